The van der Waals surface area contributed by atoms with E-state index in [-0.39, 0.29) is 11.8 Å². The summed E-state index contributed by atoms with van der Waals surface area (Å²) in [6.07, 6.45) is 9.43. The molecule has 0 aromatic heterocycles. The monoisotopic (exact) mass is 292 g/mol. The SMILES string of the molecule is C=C/C=C(\C=C)CCCNC(=O)C1CCN(C)CC1.CC. The number of rotatable bonds is 7. The standard InChI is InChI=1S/C16H26N2O.C2H6/c1-4-7-14(5-2)8-6-11-17-16(19)15-9-12-18(3)13-10-15;1-2/h4-5,7,15H,1-2,6,8-13H2,3H3,(H,17,19);1-2H3/b14-7+;. The van der Waals surface area contributed by atoms with Gasteiger partial charge in [-0.25, -0.2) is 0 Å². The van der Waals surface area contributed by atoms with Gasteiger partial charge in [0.15, 0.2) is 0 Å². The molecule has 1 fully saturated rings. The lowest BCUT2D eigenvalue weighted by atomic mass is 9.96. The third-order valence-corrected chi connectivity index (χ3v) is 3.62. The maximum Gasteiger partial charge on any atom is 0.223 e. The minimum Gasteiger partial charge on any atom is -0.356 e. The Hall–Kier alpha value is -1.35. The predicted octanol–water partition coefficient (Wildman–Crippen LogP) is 3.55. The Morgan fingerprint density at radius 3 is 2.43 bits per heavy atom. The minimum absolute atomic E-state index is 0.207. The third kappa shape index (κ3) is 8.51. The molecule has 0 saturated carbocycles. The number of hydrogen-bond donors (Lipinski definition) is 1. The number of allylic oxidation sites excluding steroid dienone is 4. The van der Waals surface area contributed by atoms with Crippen LogP contribution in [0.15, 0.2) is 37.0 Å². The predicted molar refractivity (Wildman–Crippen MR) is 92.3 cm³/mol. The zero-order valence-electron chi connectivity index (χ0n) is 14.0. The van der Waals surface area contributed by atoms with E-state index < -0.39 is 0 Å². The summed E-state index contributed by atoms with van der Waals surface area (Å²) in [6.45, 7) is 14.2. The van der Waals surface area contributed by atoms with Gasteiger partial charge >= 0.3 is 0 Å². The van der Waals surface area contributed by atoms with Crippen molar-refractivity contribution < 1.29 is 4.79 Å². The molecule has 120 valence electrons. The van der Waals surface area contributed by atoms with Crippen LogP contribution in [-0.2, 0) is 4.79 Å². The lowest BCUT2D eigenvalue weighted by Crippen LogP contribution is -2.39. The highest BCUT2D eigenvalue weighted by Gasteiger charge is 2.22. The van der Waals surface area contributed by atoms with E-state index in [0.29, 0.717) is 0 Å². The summed E-state index contributed by atoms with van der Waals surface area (Å²) < 4.78 is 0. The Balaban J connectivity index is 0.00000191. The van der Waals surface area contributed by atoms with Gasteiger partial charge in [0.2, 0.25) is 5.91 Å². The number of piperidine rings is 1. The molecule has 0 aromatic carbocycles. The summed E-state index contributed by atoms with van der Waals surface area (Å²) in [5.41, 5.74) is 1.17. The smallest absolute Gasteiger partial charge is 0.223 e. The molecule has 0 bridgehead atoms. The van der Waals surface area contributed by atoms with Crippen molar-refractivity contribution in [2.75, 3.05) is 26.7 Å². The topological polar surface area (TPSA) is 32.3 Å². The highest BCUT2D eigenvalue weighted by molar-refractivity contribution is 5.78. The fourth-order valence-corrected chi connectivity index (χ4v) is 2.32. The molecular weight excluding hydrogens is 260 g/mol. The summed E-state index contributed by atoms with van der Waals surface area (Å²) in [5, 5.41) is 3.04. The number of hydrogen-bond acceptors (Lipinski definition) is 2. The van der Waals surface area contributed by atoms with Crippen molar-refractivity contribution in [2.45, 2.75) is 39.5 Å². The minimum atomic E-state index is 0.207. The van der Waals surface area contributed by atoms with Crippen LogP contribution in [0.5, 0.6) is 0 Å². The molecule has 0 unspecified atom stereocenters. The van der Waals surface area contributed by atoms with Gasteiger partial charge in [-0.1, -0.05) is 45.2 Å². The van der Waals surface area contributed by atoms with E-state index in [2.05, 4.69) is 30.4 Å². The van der Waals surface area contributed by atoms with Crippen molar-refractivity contribution in [3.05, 3.63) is 37.0 Å². The second-order valence-electron chi connectivity index (χ2n) is 5.15. The van der Waals surface area contributed by atoms with Crippen molar-refractivity contribution in [3.8, 4) is 0 Å². The van der Waals surface area contributed by atoms with Crippen molar-refractivity contribution >= 4 is 5.91 Å². The maximum atomic E-state index is 12.0. The molecule has 0 radical (unpaired) electrons. The molecule has 1 heterocycles. The molecule has 0 spiro atoms. The number of carbonyl (C=O) groups is 1. The van der Waals surface area contributed by atoms with E-state index in [1.54, 1.807) is 6.08 Å². The number of nitrogens with zero attached hydrogens (tertiary/aromatic N) is 1. The molecule has 3 heteroatoms. The summed E-state index contributed by atoms with van der Waals surface area (Å²) >= 11 is 0. The fraction of sp³-hybridized carbons (Fsp3) is 0.611. The van der Waals surface area contributed by atoms with E-state index in [1.807, 2.05) is 26.0 Å². The lowest BCUT2D eigenvalue weighted by Gasteiger charge is -2.28. The number of amides is 1. The first-order valence-electron chi connectivity index (χ1n) is 8.07. The second kappa shape index (κ2) is 12.4. The van der Waals surface area contributed by atoms with E-state index >= 15 is 0 Å². The average Bonchev–Trinajstić information content (AvgIpc) is 2.52. The summed E-state index contributed by atoms with van der Waals surface area (Å²) in [6, 6.07) is 0. The van der Waals surface area contributed by atoms with E-state index in [4.69, 9.17) is 0 Å². The lowest BCUT2D eigenvalue weighted by molar-refractivity contribution is -0.126. The summed E-state index contributed by atoms with van der Waals surface area (Å²) in [4.78, 5) is 14.2. The first-order valence-corrected chi connectivity index (χ1v) is 8.07. The molecule has 1 N–H and O–H groups in total. The van der Waals surface area contributed by atoms with Gasteiger partial charge in [-0.2, -0.15) is 0 Å². The highest BCUT2D eigenvalue weighted by Crippen LogP contribution is 2.15. The van der Waals surface area contributed by atoms with Gasteiger partial charge in [0, 0.05) is 12.5 Å². The van der Waals surface area contributed by atoms with Crippen molar-refractivity contribution in [2.24, 2.45) is 5.92 Å². The van der Waals surface area contributed by atoms with Crippen molar-refractivity contribution in [1.29, 1.82) is 0 Å². The van der Waals surface area contributed by atoms with Crippen molar-refractivity contribution in [1.82, 2.24) is 10.2 Å². The van der Waals surface area contributed by atoms with Gasteiger partial charge < -0.3 is 10.2 Å². The Bertz CT molecular complexity index is 339. The van der Waals surface area contributed by atoms with Crippen LogP contribution in [-0.4, -0.2) is 37.5 Å². The number of nitrogens with one attached hydrogen (secondary N) is 1. The van der Waals surface area contributed by atoms with Gasteiger partial charge in [0.05, 0.1) is 0 Å². The van der Waals surface area contributed by atoms with Crippen LogP contribution in [0.2, 0.25) is 0 Å². The van der Waals surface area contributed by atoms with Gasteiger partial charge in [0.1, 0.15) is 0 Å². The fourth-order valence-electron chi connectivity index (χ4n) is 2.32. The Kier molecular flexibility index (Phi) is 11.6. The Morgan fingerprint density at radius 1 is 1.29 bits per heavy atom. The van der Waals surface area contributed by atoms with Crippen LogP contribution in [0, 0.1) is 5.92 Å². The zero-order valence-corrected chi connectivity index (χ0v) is 14.0. The first kappa shape index (κ1) is 19.7. The molecule has 1 aliphatic rings. The van der Waals surface area contributed by atoms with Crippen LogP contribution < -0.4 is 5.32 Å². The summed E-state index contributed by atoms with van der Waals surface area (Å²) in [7, 11) is 2.11. The molecular formula is C18H32N2O. The number of likely N-dealkylation sites (tertiary alicyclic amines) is 1. The van der Waals surface area contributed by atoms with Crippen LogP contribution in [0.4, 0.5) is 0 Å². The molecule has 1 saturated heterocycles. The largest absolute Gasteiger partial charge is 0.356 e. The highest BCUT2D eigenvalue weighted by atomic mass is 16.1. The average molecular weight is 292 g/mol. The first-order chi connectivity index (χ1) is 10.2. The zero-order chi connectivity index (χ0) is 16.1. The Morgan fingerprint density at radius 2 is 1.90 bits per heavy atom. The molecule has 21 heavy (non-hydrogen) atoms. The third-order valence-electron chi connectivity index (χ3n) is 3.62. The molecule has 0 atom stereocenters. The molecule has 1 aliphatic heterocycles. The normalized spacial score (nSPS) is 16.6. The van der Waals surface area contributed by atoms with Crippen molar-refractivity contribution in [3.63, 3.8) is 0 Å². The molecule has 1 amide bonds. The maximum absolute atomic E-state index is 12.0. The van der Waals surface area contributed by atoms with Crippen LogP contribution >= 0.6 is 0 Å². The molecule has 0 aromatic rings. The van der Waals surface area contributed by atoms with Gasteiger partial charge in [-0.05, 0) is 51.4 Å². The van der Waals surface area contributed by atoms with E-state index in [0.717, 1.165) is 45.3 Å². The van der Waals surface area contributed by atoms with Gasteiger partial charge in [-0.3, -0.25) is 4.79 Å². The Labute approximate surface area is 130 Å². The molecule has 1 rings (SSSR count). The van der Waals surface area contributed by atoms with Crippen LogP contribution in [0.3, 0.4) is 0 Å². The quantitative estimate of drug-likeness (QED) is 0.575. The second-order valence-corrected chi connectivity index (χ2v) is 5.15. The van der Waals surface area contributed by atoms with Gasteiger partial charge in [-0.15, -0.1) is 0 Å². The number of carbonyl (C=O) groups excluding carboxylic acids is 1. The van der Waals surface area contributed by atoms with E-state index in [1.165, 1.54) is 5.57 Å². The molecule has 0 aliphatic carbocycles. The van der Waals surface area contributed by atoms with E-state index in [9.17, 15) is 4.79 Å². The van der Waals surface area contributed by atoms with Crippen LogP contribution in [0.25, 0.3) is 0 Å². The van der Waals surface area contributed by atoms with Crippen LogP contribution in [0.1, 0.15) is 39.5 Å². The molecule has 3 nitrogen and oxygen atoms in total. The van der Waals surface area contributed by atoms with Gasteiger partial charge in [0.25, 0.3) is 0 Å². The summed E-state index contributed by atoms with van der Waals surface area (Å²) in [5.74, 6) is 0.430.